The van der Waals surface area contributed by atoms with Gasteiger partial charge in [0.1, 0.15) is 5.75 Å². The third-order valence-corrected chi connectivity index (χ3v) is 5.97. The van der Waals surface area contributed by atoms with Gasteiger partial charge in [-0.3, -0.25) is 14.9 Å². The molecule has 0 saturated carbocycles. The van der Waals surface area contributed by atoms with Gasteiger partial charge in [-0.05, 0) is 43.0 Å². The van der Waals surface area contributed by atoms with Gasteiger partial charge in [-0.15, -0.1) is 10.2 Å². The second kappa shape index (κ2) is 11.3. The van der Waals surface area contributed by atoms with Crippen LogP contribution < -0.4 is 10.1 Å². The summed E-state index contributed by atoms with van der Waals surface area (Å²) in [4.78, 5) is 23.1. The maximum Gasteiger partial charge on any atom is 0.313 e. The number of nitrogens with zero attached hydrogens (tertiary/aromatic N) is 2. The number of unbranched alkanes of at least 4 members (excludes halogenated alkanes) is 1. The fraction of sp³-hybridized carbons (Fsp3) is 0.238. The van der Waals surface area contributed by atoms with Gasteiger partial charge in [-0.25, -0.2) is 0 Å². The van der Waals surface area contributed by atoms with Crippen LogP contribution in [0, 0.1) is 0 Å². The predicted octanol–water partition coefficient (Wildman–Crippen LogP) is 4.37. The molecule has 1 heterocycles. The number of aryl methyl sites for hydroxylation is 1. The third kappa shape index (κ3) is 7.16. The maximum absolute atomic E-state index is 12.4. The molecule has 156 valence electrons. The quantitative estimate of drug-likeness (QED) is 0.258. The first-order valence-corrected chi connectivity index (χ1v) is 11.2. The van der Waals surface area contributed by atoms with Crippen molar-refractivity contribution in [2.24, 2.45) is 0 Å². The molecule has 3 rings (SSSR count). The van der Waals surface area contributed by atoms with E-state index in [1.165, 1.54) is 5.56 Å². The number of hydrogen-bond donors (Lipinski definition) is 2. The van der Waals surface area contributed by atoms with Crippen molar-refractivity contribution < 1.29 is 19.4 Å². The Morgan fingerprint density at radius 1 is 1.07 bits per heavy atom. The molecule has 9 heteroatoms. The molecule has 7 nitrogen and oxygen atoms in total. The van der Waals surface area contributed by atoms with Crippen LogP contribution in [0.15, 0.2) is 58.9 Å². The molecule has 0 aliphatic heterocycles. The van der Waals surface area contributed by atoms with Crippen LogP contribution in [0.2, 0.25) is 0 Å². The number of amides is 1. The van der Waals surface area contributed by atoms with Crippen LogP contribution in [0.25, 0.3) is 0 Å². The van der Waals surface area contributed by atoms with Gasteiger partial charge in [0, 0.05) is 5.56 Å². The van der Waals surface area contributed by atoms with Gasteiger partial charge in [-0.1, -0.05) is 59.5 Å². The van der Waals surface area contributed by atoms with Crippen LogP contribution in [-0.4, -0.2) is 39.5 Å². The molecule has 0 spiro atoms. The fourth-order valence-electron chi connectivity index (χ4n) is 2.60. The lowest BCUT2D eigenvalue weighted by Crippen LogP contribution is -2.12. The normalized spacial score (nSPS) is 10.5. The van der Waals surface area contributed by atoms with Crippen LogP contribution in [0.4, 0.5) is 5.13 Å². The van der Waals surface area contributed by atoms with E-state index in [-0.39, 0.29) is 11.7 Å². The third-order valence-electron chi connectivity index (χ3n) is 4.01. The molecule has 3 aromatic rings. The molecule has 30 heavy (non-hydrogen) atoms. The van der Waals surface area contributed by atoms with Crippen molar-refractivity contribution in [3.63, 3.8) is 0 Å². The number of aliphatic carboxylic acids is 1. The van der Waals surface area contributed by atoms with Crippen molar-refractivity contribution >= 4 is 40.1 Å². The molecule has 2 N–H and O–H groups in total. The zero-order valence-electron chi connectivity index (χ0n) is 16.1. The zero-order chi connectivity index (χ0) is 21.2. The number of thioether (sulfide) groups is 1. The van der Waals surface area contributed by atoms with Crippen LogP contribution in [0.1, 0.15) is 28.8 Å². The Labute approximate surface area is 182 Å². The SMILES string of the molecule is O=C(O)CSc1nnc(NC(=O)c2cccc(OCCCCc3ccccc3)c2)s1. The Bertz CT molecular complexity index is 979. The Morgan fingerprint density at radius 2 is 1.90 bits per heavy atom. The van der Waals surface area contributed by atoms with E-state index in [0.717, 1.165) is 42.4 Å². The van der Waals surface area contributed by atoms with E-state index in [1.807, 2.05) is 24.3 Å². The summed E-state index contributed by atoms with van der Waals surface area (Å²) >= 11 is 2.19. The number of carbonyl (C=O) groups is 2. The average molecular weight is 444 g/mol. The summed E-state index contributed by atoms with van der Waals surface area (Å²) in [5.41, 5.74) is 1.77. The van der Waals surface area contributed by atoms with Gasteiger partial charge in [0.15, 0.2) is 4.34 Å². The molecular weight excluding hydrogens is 422 g/mol. The van der Waals surface area contributed by atoms with E-state index < -0.39 is 5.97 Å². The number of carboxylic acids is 1. The van der Waals surface area contributed by atoms with E-state index in [0.29, 0.717) is 27.4 Å². The number of nitrogens with one attached hydrogen (secondary N) is 1. The lowest BCUT2D eigenvalue weighted by molar-refractivity contribution is -0.133. The molecule has 0 bridgehead atoms. The number of carboxylic acid groups (broad SMARTS) is 1. The standard InChI is InChI=1S/C21H21N3O4S2/c25-18(26)14-29-21-24-23-20(30-21)22-19(27)16-10-6-11-17(13-16)28-12-5-4-9-15-7-2-1-3-8-15/h1-3,6-8,10-11,13H,4-5,9,12,14H2,(H,25,26)(H,22,23,27). The molecule has 0 saturated heterocycles. The van der Waals surface area contributed by atoms with E-state index >= 15 is 0 Å². The van der Waals surface area contributed by atoms with Crippen molar-refractivity contribution in [3.8, 4) is 5.75 Å². The summed E-state index contributed by atoms with van der Waals surface area (Å²) in [5.74, 6) is -0.724. The van der Waals surface area contributed by atoms with Crippen LogP contribution >= 0.6 is 23.1 Å². The van der Waals surface area contributed by atoms with Crippen molar-refractivity contribution in [3.05, 3.63) is 65.7 Å². The van der Waals surface area contributed by atoms with Crippen LogP contribution in [0.5, 0.6) is 5.75 Å². The monoisotopic (exact) mass is 443 g/mol. The number of hydrogen-bond acceptors (Lipinski definition) is 7. The minimum Gasteiger partial charge on any atom is -0.494 e. The molecule has 0 atom stereocenters. The van der Waals surface area contributed by atoms with Crippen LogP contribution in [-0.2, 0) is 11.2 Å². The van der Waals surface area contributed by atoms with Crippen LogP contribution in [0.3, 0.4) is 0 Å². The molecule has 0 aliphatic carbocycles. The molecular formula is C21H21N3O4S2. The van der Waals surface area contributed by atoms with Gasteiger partial charge in [0.25, 0.3) is 5.91 Å². The molecule has 0 aliphatic rings. The number of anilines is 1. The lowest BCUT2D eigenvalue weighted by Gasteiger charge is -2.08. The minimum atomic E-state index is -0.933. The Kier molecular flexibility index (Phi) is 8.22. The summed E-state index contributed by atoms with van der Waals surface area (Å²) in [6, 6.07) is 17.3. The Morgan fingerprint density at radius 3 is 2.70 bits per heavy atom. The number of benzene rings is 2. The summed E-state index contributed by atoms with van der Waals surface area (Å²) < 4.78 is 6.27. The first-order valence-electron chi connectivity index (χ1n) is 9.36. The highest BCUT2D eigenvalue weighted by atomic mass is 32.2. The lowest BCUT2D eigenvalue weighted by atomic mass is 10.1. The van der Waals surface area contributed by atoms with Gasteiger partial charge < -0.3 is 9.84 Å². The van der Waals surface area contributed by atoms with Crippen molar-refractivity contribution in [1.82, 2.24) is 10.2 Å². The Balaban J connectivity index is 1.45. The van der Waals surface area contributed by atoms with E-state index in [4.69, 9.17) is 9.84 Å². The number of aromatic nitrogens is 2. The number of carbonyl (C=O) groups excluding carboxylic acids is 1. The van der Waals surface area contributed by atoms with Crippen molar-refractivity contribution in [2.75, 3.05) is 17.7 Å². The predicted molar refractivity (Wildman–Crippen MR) is 118 cm³/mol. The fourth-order valence-corrected chi connectivity index (χ4v) is 4.07. The topological polar surface area (TPSA) is 101 Å². The van der Waals surface area contributed by atoms with Gasteiger partial charge >= 0.3 is 5.97 Å². The van der Waals surface area contributed by atoms with Gasteiger partial charge in [0.2, 0.25) is 5.13 Å². The first-order chi connectivity index (χ1) is 14.6. The van der Waals surface area contributed by atoms with E-state index in [1.54, 1.807) is 18.2 Å². The minimum absolute atomic E-state index is 0.104. The molecule has 0 fully saturated rings. The summed E-state index contributed by atoms with van der Waals surface area (Å²) in [5, 5.41) is 19.4. The van der Waals surface area contributed by atoms with Crippen molar-refractivity contribution in [2.45, 2.75) is 23.6 Å². The van der Waals surface area contributed by atoms with Crippen molar-refractivity contribution in [1.29, 1.82) is 0 Å². The van der Waals surface area contributed by atoms with E-state index in [9.17, 15) is 9.59 Å². The second-order valence-corrected chi connectivity index (χ2v) is 8.53. The Hall–Kier alpha value is -2.91. The summed E-state index contributed by atoms with van der Waals surface area (Å²) in [6.07, 6.45) is 2.97. The molecule has 1 aromatic heterocycles. The first kappa shape index (κ1) is 21.8. The molecule has 2 aromatic carbocycles. The van der Waals surface area contributed by atoms with E-state index in [2.05, 4.69) is 27.6 Å². The molecule has 0 unspecified atom stereocenters. The highest BCUT2D eigenvalue weighted by Crippen LogP contribution is 2.26. The van der Waals surface area contributed by atoms with Gasteiger partial charge in [-0.2, -0.15) is 0 Å². The van der Waals surface area contributed by atoms with Gasteiger partial charge in [0.05, 0.1) is 12.4 Å². The average Bonchev–Trinajstić information content (AvgIpc) is 3.20. The second-order valence-electron chi connectivity index (χ2n) is 6.33. The number of ether oxygens (including phenoxy) is 1. The zero-order valence-corrected chi connectivity index (χ0v) is 17.7. The highest BCUT2D eigenvalue weighted by Gasteiger charge is 2.12. The molecule has 1 amide bonds. The maximum atomic E-state index is 12.4. The smallest absolute Gasteiger partial charge is 0.313 e. The highest BCUT2D eigenvalue weighted by molar-refractivity contribution is 8.01. The molecule has 0 radical (unpaired) electrons. The summed E-state index contributed by atoms with van der Waals surface area (Å²) in [7, 11) is 0. The number of rotatable bonds is 11. The largest absolute Gasteiger partial charge is 0.494 e. The summed E-state index contributed by atoms with van der Waals surface area (Å²) in [6.45, 7) is 0.582.